The average molecular weight is 409 g/mol. The van der Waals surface area contributed by atoms with Crippen LogP contribution in [0.25, 0.3) is 5.69 Å². The molecule has 3 aromatic rings. The highest BCUT2D eigenvalue weighted by Gasteiger charge is 2.17. The van der Waals surface area contributed by atoms with Crippen molar-refractivity contribution in [2.45, 2.75) is 4.21 Å². The maximum Gasteiger partial charge on any atom is 0.271 e. The number of thiophene rings is 1. The van der Waals surface area contributed by atoms with Crippen molar-refractivity contribution in [3.05, 3.63) is 57.4 Å². The summed E-state index contributed by atoms with van der Waals surface area (Å²) < 4.78 is 29.1. The third-order valence-electron chi connectivity index (χ3n) is 2.88. The topological polar surface area (TPSA) is 64.0 Å². The highest BCUT2D eigenvalue weighted by atomic mass is 35.5. The van der Waals surface area contributed by atoms with Crippen LogP contribution in [-0.4, -0.2) is 18.0 Å². The predicted octanol–water partition coefficient (Wildman–Crippen LogP) is 4.69. The Kier molecular flexibility index (Phi) is 4.57. The third-order valence-corrected chi connectivity index (χ3v) is 6.72. The molecule has 2 heterocycles. The maximum atomic E-state index is 12.2. The van der Waals surface area contributed by atoms with Gasteiger partial charge in [-0.1, -0.05) is 34.8 Å². The number of halogens is 3. The van der Waals surface area contributed by atoms with Gasteiger partial charge in [-0.25, -0.2) is 13.4 Å². The number of hydrogen-bond donors (Lipinski definition) is 1. The van der Waals surface area contributed by atoms with Crippen LogP contribution in [0, 0.1) is 0 Å². The second-order valence-corrected chi connectivity index (χ2v) is 8.75. The molecule has 0 saturated carbocycles. The zero-order valence-corrected chi connectivity index (χ0v) is 15.1. The Labute approximate surface area is 151 Å². The van der Waals surface area contributed by atoms with E-state index in [0.717, 1.165) is 11.3 Å². The molecule has 2 aromatic heterocycles. The lowest BCUT2D eigenvalue weighted by Crippen LogP contribution is -2.11. The summed E-state index contributed by atoms with van der Waals surface area (Å²) in [5.74, 6) is 0. The molecule has 0 spiro atoms. The van der Waals surface area contributed by atoms with Crippen molar-refractivity contribution in [3.63, 3.8) is 0 Å². The van der Waals surface area contributed by atoms with Crippen LogP contribution in [0.4, 0.5) is 5.69 Å². The molecule has 0 radical (unpaired) electrons. The van der Waals surface area contributed by atoms with E-state index in [2.05, 4.69) is 9.71 Å². The molecule has 1 N–H and O–H groups in total. The van der Waals surface area contributed by atoms with E-state index in [0.29, 0.717) is 15.7 Å². The summed E-state index contributed by atoms with van der Waals surface area (Å²) in [6, 6.07) is 9.62. The van der Waals surface area contributed by atoms with Gasteiger partial charge in [-0.2, -0.15) is 0 Å². The molecule has 0 fully saturated rings. The second-order valence-electron chi connectivity index (χ2n) is 4.41. The van der Waals surface area contributed by atoms with Crippen molar-refractivity contribution in [1.82, 2.24) is 9.55 Å². The quantitative estimate of drug-likeness (QED) is 0.681. The van der Waals surface area contributed by atoms with Crippen molar-refractivity contribution >= 4 is 61.9 Å². The summed E-state index contributed by atoms with van der Waals surface area (Å²) in [6.07, 6.45) is 1.48. The number of anilines is 1. The summed E-state index contributed by atoms with van der Waals surface area (Å²) in [5, 5.41) is 0.485. The Hall–Kier alpha value is -1.25. The monoisotopic (exact) mass is 407 g/mol. The smallest absolute Gasteiger partial charge is 0.271 e. The van der Waals surface area contributed by atoms with Crippen LogP contribution < -0.4 is 4.72 Å². The lowest BCUT2D eigenvalue weighted by Gasteiger charge is -2.08. The standard InChI is InChI=1S/C13H8Cl3N3O2S2/c14-10-5-6-11(22-10)23(20,21)18-8-1-3-9(4-2-8)19-7-17-12(15)13(19)16/h1-7,18H. The highest BCUT2D eigenvalue weighted by Crippen LogP contribution is 2.28. The van der Waals surface area contributed by atoms with Gasteiger partial charge >= 0.3 is 0 Å². The van der Waals surface area contributed by atoms with Gasteiger partial charge in [0.25, 0.3) is 10.0 Å². The summed E-state index contributed by atoms with van der Waals surface area (Å²) in [5.41, 5.74) is 1.12. The molecule has 120 valence electrons. The molecule has 0 bridgehead atoms. The second kappa shape index (κ2) is 6.33. The van der Waals surface area contributed by atoms with Gasteiger partial charge in [0.15, 0.2) is 10.3 Å². The summed E-state index contributed by atoms with van der Waals surface area (Å²) in [6.45, 7) is 0. The fourth-order valence-corrected chi connectivity index (χ4v) is 4.70. The number of rotatable bonds is 4. The van der Waals surface area contributed by atoms with E-state index in [4.69, 9.17) is 34.8 Å². The molecular formula is C13H8Cl3N3O2S2. The van der Waals surface area contributed by atoms with E-state index in [1.165, 1.54) is 18.5 Å². The predicted molar refractivity (Wildman–Crippen MR) is 93.7 cm³/mol. The molecule has 0 aliphatic rings. The molecule has 23 heavy (non-hydrogen) atoms. The molecule has 0 aliphatic carbocycles. The van der Waals surface area contributed by atoms with E-state index >= 15 is 0 Å². The van der Waals surface area contributed by atoms with E-state index in [9.17, 15) is 8.42 Å². The van der Waals surface area contributed by atoms with Crippen molar-refractivity contribution in [1.29, 1.82) is 0 Å². The van der Waals surface area contributed by atoms with E-state index in [-0.39, 0.29) is 14.5 Å². The van der Waals surface area contributed by atoms with Gasteiger partial charge in [-0.15, -0.1) is 11.3 Å². The van der Waals surface area contributed by atoms with Crippen LogP contribution in [0.5, 0.6) is 0 Å². The average Bonchev–Trinajstić information content (AvgIpc) is 3.08. The first kappa shape index (κ1) is 16.6. The van der Waals surface area contributed by atoms with Gasteiger partial charge in [-0.3, -0.25) is 9.29 Å². The Morgan fingerprint density at radius 2 is 1.74 bits per heavy atom. The van der Waals surface area contributed by atoms with E-state index in [1.807, 2.05) is 0 Å². The lowest BCUT2D eigenvalue weighted by atomic mass is 10.3. The Morgan fingerprint density at radius 1 is 1.04 bits per heavy atom. The Balaban J connectivity index is 1.84. The maximum absolute atomic E-state index is 12.2. The molecule has 0 unspecified atom stereocenters. The highest BCUT2D eigenvalue weighted by molar-refractivity contribution is 7.94. The number of nitrogens with zero attached hydrogens (tertiary/aromatic N) is 2. The fourth-order valence-electron chi connectivity index (χ4n) is 1.83. The van der Waals surface area contributed by atoms with Crippen molar-refractivity contribution < 1.29 is 8.42 Å². The van der Waals surface area contributed by atoms with Gasteiger partial charge in [0, 0.05) is 11.4 Å². The third kappa shape index (κ3) is 3.49. The number of nitrogens with one attached hydrogen (secondary N) is 1. The fraction of sp³-hybridized carbons (Fsp3) is 0. The van der Waals surface area contributed by atoms with Crippen LogP contribution in [0.2, 0.25) is 14.6 Å². The molecule has 10 heteroatoms. The first-order valence-electron chi connectivity index (χ1n) is 6.14. The van der Waals surface area contributed by atoms with Gasteiger partial charge in [-0.05, 0) is 36.4 Å². The summed E-state index contributed by atoms with van der Waals surface area (Å²) in [4.78, 5) is 3.89. The van der Waals surface area contributed by atoms with E-state index in [1.54, 1.807) is 28.8 Å². The number of sulfonamides is 1. The molecule has 1 aromatic carbocycles. The van der Waals surface area contributed by atoms with Crippen molar-refractivity contribution in [2.24, 2.45) is 0 Å². The number of aromatic nitrogens is 2. The first-order valence-corrected chi connectivity index (χ1v) is 9.57. The molecule has 5 nitrogen and oxygen atoms in total. The summed E-state index contributed by atoms with van der Waals surface area (Å²) >= 11 is 18.6. The van der Waals surface area contributed by atoms with Gasteiger partial charge in [0.2, 0.25) is 0 Å². The van der Waals surface area contributed by atoms with Crippen LogP contribution in [0.15, 0.2) is 46.9 Å². The molecule has 0 saturated heterocycles. The summed E-state index contributed by atoms with van der Waals surface area (Å²) in [7, 11) is -3.66. The van der Waals surface area contributed by atoms with Crippen LogP contribution in [-0.2, 0) is 10.0 Å². The minimum absolute atomic E-state index is 0.149. The SMILES string of the molecule is O=S(=O)(Nc1ccc(-n2cnc(Cl)c2Cl)cc1)c1ccc(Cl)s1. The minimum atomic E-state index is -3.66. The first-order chi connectivity index (χ1) is 10.9. The Morgan fingerprint density at radius 3 is 2.26 bits per heavy atom. The van der Waals surface area contributed by atoms with E-state index < -0.39 is 10.0 Å². The normalized spacial score (nSPS) is 11.6. The zero-order chi connectivity index (χ0) is 16.6. The largest absolute Gasteiger partial charge is 0.288 e. The lowest BCUT2D eigenvalue weighted by molar-refractivity contribution is 0.603. The van der Waals surface area contributed by atoms with Gasteiger partial charge in [0.1, 0.15) is 10.5 Å². The molecule has 3 rings (SSSR count). The van der Waals surface area contributed by atoms with Gasteiger partial charge in [0.05, 0.1) is 4.34 Å². The number of hydrogen-bond acceptors (Lipinski definition) is 4. The van der Waals surface area contributed by atoms with Crippen LogP contribution in [0.3, 0.4) is 0 Å². The Bertz CT molecular complexity index is 949. The minimum Gasteiger partial charge on any atom is -0.288 e. The molecule has 0 amide bonds. The van der Waals surface area contributed by atoms with Crippen LogP contribution >= 0.6 is 46.1 Å². The number of benzene rings is 1. The molecule has 0 aliphatic heterocycles. The van der Waals surface area contributed by atoms with Gasteiger partial charge < -0.3 is 0 Å². The molecular weight excluding hydrogens is 401 g/mol. The van der Waals surface area contributed by atoms with Crippen molar-refractivity contribution in [3.8, 4) is 5.69 Å². The van der Waals surface area contributed by atoms with Crippen LogP contribution in [0.1, 0.15) is 0 Å². The molecule has 0 atom stereocenters. The zero-order valence-electron chi connectivity index (χ0n) is 11.2. The number of imidazole rings is 1. The van der Waals surface area contributed by atoms with Crippen molar-refractivity contribution in [2.75, 3.05) is 4.72 Å².